The standard InChI is InChI=1S/C17H27NO3S/c1-13(2)17(19)12-20-9-4-5-10-21-16-8-6-7-15(11-16)18-14(3)22/h6-8,11,13-14,18,22H,4-5,9-10,12H2,1-3H3. The van der Waals surface area contributed by atoms with Crippen LogP contribution in [0.5, 0.6) is 5.75 Å². The Bertz CT molecular complexity index is 449. The highest BCUT2D eigenvalue weighted by atomic mass is 32.1. The van der Waals surface area contributed by atoms with Crippen LogP contribution in [-0.2, 0) is 9.53 Å². The maximum Gasteiger partial charge on any atom is 0.160 e. The highest BCUT2D eigenvalue weighted by molar-refractivity contribution is 7.81. The van der Waals surface area contributed by atoms with Crippen LogP contribution >= 0.6 is 12.6 Å². The third-order valence-corrected chi connectivity index (χ3v) is 3.18. The number of hydrogen-bond donors (Lipinski definition) is 2. The van der Waals surface area contributed by atoms with Crippen LogP contribution in [0.3, 0.4) is 0 Å². The van der Waals surface area contributed by atoms with E-state index in [-0.39, 0.29) is 23.7 Å². The molecule has 1 N–H and O–H groups in total. The number of ketones is 1. The molecule has 0 aliphatic rings. The second-order valence-electron chi connectivity index (χ2n) is 5.58. The largest absolute Gasteiger partial charge is 0.494 e. The Labute approximate surface area is 139 Å². The lowest BCUT2D eigenvalue weighted by molar-refractivity contribution is -0.126. The molecule has 1 unspecified atom stereocenters. The molecule has 5 heteroatoms. The third-order valence-electron chi connectivity index (χ3n) is 3.05. The SMILES string of the molecule is CC(S)Nc1cccc(OCCCCOCC(=O)C(C)C)c1. The Morgan fingerprint density at radius 2 is 1.95 bits per heavy atom. The molecule has 1 aromatic carbocycles. The zero-order valence-electron chi connectivity index (χ0n) is 13.7. The van der Waals surface area contributed by atoms with Gasteiger partial charge in [0.25, 0.3) is 0 Å². The summed E-state index contributed by atoms with van der Waals surface area (Å²) in [4.78, 5) is 11.4. The molecular formula is C17H27NO3S. The van der Waals surface area contributed by atoms with Gasteiger partial charge in [-0.1, -0.05) is 19.9 Å². The van der Waals surface area contributed by atoms with Crippen molar-refractivity contribution in [2.45, 2.75) is 39.0 Å². The van der Waals surface area contributed by atoms with Crippen LogP contribution in [0, 0.1) is 5.92 Å². The van der Waals surface area contributed by atoms with E-state index in [0.29, 0.717) is 13.2 Å². The van der Waals surface area contributed by atoms with Gasteiger partial charge in [0, 0.05) is 24.3 Å². The van der Waals surface area contributed by atoms with Crippen molar-refractivity contribution in [1.82, 2.24) is 0 Å². The Morgan fingerprint density at radius 3 is 2.64 bits per heavy atom. The number of nitrogens with one attached hydrogen (secondary N) is 1. The molecule has 0 fully saturated rings. The molecule has 0 heterocycles. The summed E-state index contributed by atoms with van der Waals surface area (Å²) in [6, 6.07) is 7.84. The van der Waals surface area contributed by atoms with E-state index in [1.165, 1.54) is 0 Å². The third kappa shape index (κ3) is 8.29. The van der Waals surface area contributed by atoms with Crippen molar-refractivity contribution in [2.24, 2.45) is 5.92 Å². The Hall–Kier alpha value is -1.20. The number of hydrogen-bond acceptors (Lipinski definition) is 5. The molecular weight excluding hydrogens is 298 g/mol. The van der Waals surface area contributed by atoms with Gasteiger partial charge in [-0.25, -0.2) is 0 Å². The van der Waals surface area contributed by atoms with Crippen LogP contribution in [0.25, 0.3) is 0 Å². The molecule has 1 aromatic rings. The van der Waals surface area contributed by atoms with E-state index in [4.69, 9.17) is 9.47 Å². The first-order valence-corrected chi connectivity index (χ1v) is 8.28. The van der Waals surface area contributed by atoms with Crippen LogP contribution in [0.4, 0.5) is 5.69 Å². The molecule has 0 radical (unpaired) electrons. The van der Waals surface area contributed by atoms with Crippen molar-refractivity contribution in [1.29, 1.82) is 0 Å². The van der Waals surface area contributed by atoms with Gasteiger partial charge in [-0.3, -0.25) is 4.79 Å². The van der Waals surface area contributed by atoms with Gasteiger partial charge < -0.3 is 14.8 Å². The fraction of sp³-hybridized carbons (Fsp3) is 0.588. The van der Waals surface area contributed by atoms with Gasteiger partial charge in [0.2, 0.25) is 0 Å². The molecule has 1 atom stereocenters. The molecule has 4 nitrogen and oxygen atoms in total. The van der Waals surface area contributed by atoms with E-state index in [9.17, 15) is 4.79 Å². The molecule has 0 aliphatic heterocycles. The number of unbranched alkanes of at least 4 members (excludes halogenated alkanes) is 1. The Kier molecular flexibility index (Phi) is 9.01. The van der Waals surface area contributed by atoms with Crippen LogP contribution < -0.4 is 10.1 Å². The monoisotopic (exact) mass is 325 g/mol. The van der Waals surface area contributed by atoms with Crippen LogP contribution in [0.15, 0.2) is 24.3 Å². The lowest BCUT2D eigenvalue weighted by Crippen LogP contribution is -2.15. The van der Waals surface area contributed by atoms with E-state index >= 15 is 0 Å². The van der Waals surface area contributed by atoms with Crippen LogP contribution in [0.2, 0.25) is 0 Å². The van der Waals surface area contributed by atoms with Gasteiger partial charge in [-0.15, -0.1) is 0 Å². The van der Waals surface area contributed by atoms with Crippen LogP contribution in [0.1, 0.15) is 33.6 Å². The summed E-state index contributed by atoms with van der Waals surface area (Å²) < 4.78 is 11.1. The minimum absolute atomic E-state index is 0.0455. The number of thiol groups is 1. The summed E-state index contributed by atoms with van der Waals surface area (Å²) in [7, 11) is 0. The summed E-state index contributed by atoms with van der Waals surface area (Å²) in [6.45, 7) is 7.20. The van der Waals surface area contributed by atoms with Crippen molar-refractivity contribution >= 4 is 24.1 Å². The topological polar surface area (TPSA) is 47.6 Å². The Balaban J connectivity index is 2.13. The lowest BCUT2D eigenvalue weighted by Gasteiger charge is -2.11. The first-order valence-electron chi connectivity index (χ1n) is 7.77. The molecule has 0 aliphatic carbocycles. The van der Waals surface area contributed by atoms with E-state index in [2.05, 4.69) is 17.9 Å². The maximum absolute atomic E-state index is 11.4. The molecule has 22 heavy (non-hydrogen) atoms. The maximum atomic E-state index is 11.4. The van der Waals surface area contributed by atoms with Gasteiger partial charge in [0.1, 0.15) is 12.4 Å². The lowest BCUT2D eigenvalue weighted by atomic mass is 10.1. The number of carbonyl (C=O) groups excluding carboxylic acids is 1. The summed E-state index contributed by atoms with van der Waals surface area (Å²) >= 11 is 4.30. The number of benzene rings is 1. The van der Waals surface area contributed by atoms with Gasteiger partial charge in [-0.2, -0.15) is 12.6 Å². The average molecular weight is 325 g/mol. The van der Waals surface area contributed by atoms with Crippen molar-refractivity contribution in [3.63, 3.8) is 0 Å². The van der Waals surface area contributed by atoms with Gasteiger partial charge in [-0.05, 0) is 31.9 Å². The average Bonchev–Trinajstić information content (AvgIpc) is 2.45. The zero-order valence-corrected chi connectivity index (χ0v) is 14.6. The fourth-order valence-electron chi connectivity index (χ4n) is 1.75. The molecule has 0 saturated heterocycles. The molecule has 0 bridgehead atoms. The molecule has 0 aromatic heterocycles. The minimum atomic E-state index is 0.0455. The quantitative estimate of drug-likeness (QED) is 0.369. The predicted molar refractivity (Wildman–Crippen MR) is 93.9 cm³/mol. The van der Waals surface area contributed by atoms with Crippen molar-refractivity contribution in [2.75, 3.05) is 25.1 Å². The summed E-state index contributed by atoms with van der Waals surface area (Å²) in [5, 5.41) is 3.31. The number of rotatable bonds is 11. The van der Waals surface area contributed by atoms with Crippen molar-refractivity contribution in [3.05, 3.63) is 24.3 Å². The zero-order chi connectivity index (χ0) is 16.4. The smallest absolute Gasteiger partial charge is 0.160 e. The van der Waals surface area contributed by atoms with E-state index in [0.717, 1.165) is 24.3 Å². The highest BCUT2D eigenvalue weighted by Crippen LogP contribution is 2.18. The second-order valence-corrected chi connectivity index (χ2v) is 6.35. The summed E-state index contributed by atoms with van der Waals surface area (Å²) in [5.41, 5.74) is 0.996. The predicted octanol–water partition coefficient (Wildman–Crippen LogP) is 3.78. The van der Waals surface area contributed by atoms with Crippen LogP contribution in [-0.4, -0.2) is 31.0 Å². The van der Waals surface area contributed by atoms with Gasteiger partial charge in [0.05, 0.1) is 12.0 Å². The normalized spacial score (nSPS) is 12.2. The summed E-state index contributed by atoms with van der Waals surface area (Å²) in [5.74, 6) is 1.04. The van der Waals surface area contributed by atoms with Gasteiger partial charge in [0.15, 0.2) is 5.78 Å². The number of Topliss-reactive ketones (excluding diaryl/α,β-unsaturated/α-hetero) is 1. The molecule has 0 spiro atoms. The van der Waals surface area contributed by atoms with E-state index in [1.54, 1.807) is 0 Å². The Morgan fingerprint density at radius 1 is 1.23 bits per heavy atom. The van der Waals surface area contributed by atoms with Crippen molar-refractivity contribution in [3.8, 4) is 5.75 Å². The van der Waals surface area contributed by atoms with E-state index < -0.39 is 0 Å². The van der Waals surface area contributed by atoms with E-state index in [1.807, 2.05) is 45.0 Å². The number of ether oxygens (including phenoxy) is 2. The molecule has 1 rings (SSSR count). The van der Waals surface area contributed by atoms with Gasteiger partial charge >= 0.3 is 0 Å². The highest BCUT2D eigenvalue weighted by Gasteiger charge is 2.06. The number of carbonyl (C=O) groups is 1. The minimum Gasteiger partial charge on any atom is -0.494 e. The summed E-state index contributed by atoms with van der Waals surface area (Å²) in [6.07, 6.45) is 1.79. The first kappa shape index (κ1) is 18.8. The molecule has 124 valence electrons. The fourth-order valence-corrected chi connectivity index (χ4v) is 1.90. The second kappa shape index (κ2) is 10.5. The molecule has 0 amide bonds. The number of anilines is 1. The molecule has 0 saturated carbocycles. The van der Waals surface area contributed by atoms with Crippen molar-refractivity contribution < 1.29 is 14.3 Å². The first-order chi connectivity index (χ1) is 10.5.